The summed E-state index contributed by atoms with van der Waals surface area (Å²) in [6.45, 7) is 2.75. The zero-order valence-electron chi connectivity index (χ0n) is 20.7. The fourth-order valence-electron chi connectivity index (χ4n) is 6.04. The summed E-state index contributed by atoms with van der Waals surface area (Å²) in [6, 6.07) is 16.1. The van der Waals surface area contributed by atoms with Gasteiger partial charge in [-0.3, -0.25) is 13.9 Å². The highest BCUT2D eigenvalue weighted by atomic mass is 35.5. The number of hydrogen-bond donors (Lipinski definition) is 1. The Bertz CT molecular complexity index is 1740. The van der Waals surface area contributed by atoms with Gasteiger partial charge in [0.2, 0.25) is 0 Å². The number of carbonyl (C=O) groups excluding carboxylic acids is 1. The number of fused-ring (bicyclic) bond motifs is 1. The van der Waals surface area contributed by atoms with E-state index in [0.717, 1.165) is 0 Å². The summed E-state index contributed by atoms with van der Waals surface area (Å²) >= 11 is 6.32. The number of likely N-dealkylation sites (tertiary alicyclic amines) is 1. The van der Waals surface area contributed by atoms with Gasteiger partial charge in [-0.25, -0.2) is 14.0 Å². The van der Waals surface area contributed by atoms with E-state index in [1.54, 1.807) is 51.9 Å². The van der Waals surface area contributed by atoms with Crippen molar-refractivity contribution < 1.29 is 23.8 Å². The molecule has 4 aromatic rings. The lowest BCUT2D eigenvalue weighted by Gasteiger charge is -2.54. The van der Waals surface area contributed by atoms with Crippen molar-refractivity contribution in [1.29, 1.82) is 0 Å². The molecule has 1 aliphatic carbocycles. The first-order chi connectivity index (χ1) is 18.7. The molecule has 0 unspecified atom stereocenters. The maximum atomic E-state index is 15.4. The van der Waals surface area contributed by atoms with Gasteiger partial charge in [0.05, 0.1) is 46.5 Å². The molecular weight excluding hydrogens is 525 g/mol. The summed E-state index contributed by atoms with van der Waals surface area (Å²) in [4.78, 5) is 40.4. The molecule has 198 valence electrons. The van der Waals surface area contributed by atoms with Crippen LogP contribution in [0.5, 0.6) is 0 Å². The normalized spacial score (nSPS) is 18.6. The molecule has 3 heterocycles. The number of nitrogens with zero attached hydrogens (tertiary/aromatic N) is 3. The Kier molecular flexibility index (Phi) is 5.12. The van der Waals surface area contributed by atoms with Gasteiger partial charge < -0.3 is 14.7 Å². The third kappa shape index (κ3) is 3.49. The lowest BCUT2D eigenvalue weighted by Crippen LogP contribution is -2.67. The van der Waals surface area contributed by atoms with E-state index in [0.29, 0.717) is 66.5 Å². The number of rotatable bonds is 5. The van der Waals surface area contributed by atoms with Crippen LogP contribution >= 0.6 is 11.6 Å². The molecule has 3 aliphatic rings. The van der Waals surface area contributed by atoms with Crippen molar-refractivity contribution in [1.82, 2.24) is 14.0 Å². The fraction of sp³-hybridized carbons (Fsp3) is 0.276. The van der Waals surface area contributed by atoms with E-state index in [9.17, 15) is 19.5 Å². The number of carboxylic acids is 1. The lowest BCUT2D eigenvalue weighted by atomic mass is 9.78. The topological polar surface area (TPSA) is 93.8 Å². The first kappa shape index (κ1) is 24.1. The van der Waals surface area contributed by atoms with Gasteiger partial charge in [-0.2, -0.15) is 0 Å². The van der Waals surface area contributed by atoms with Crippen LogP contribution in [0, 0.1) is 11.2 Å². The highest BCUT2D eigenvalue weighted by Gasteiger charge is 2.52. The summed E-state index contributed by atoms with van der Waals surface area (Å²) in [5, 5.41) is 9.88. The Hall–Kier alpha value is -3.95. The van der Waals surface area contributed by atoms with Crippen molar-refractivity contribution >= 4 is 34.5 Å². The number of amides is 1. The molecule has 1 amide bonds. The first-order valence-electron chi connectivity index (χ1n) is 12.7. The van der Waals surface area contributed by atoms with Gasteiger partial charge in [0.25, 0.3) is 5.91 Å². The second-order valence-electron chi connectivity index (χ2n) is 10.8. The van der Waals surface area contributed by atoms with E-state index in [4.69, 9.17) is 16.3 Å². The van der Waals surface area contributed by atoms with Gasteiger partial charge in [-0.05, 0) is 61.4 Å². The first-order valence-corrected chi connectivity index (χ1v) is 13.0. The van der Waals surface area contributed by atoms with Crippen LogP contribution in [0.3, 0.4) is 0 Å². The highest BCUT2D eigenvalue weighted by Crippen LogP contribution is 2.51. The summed E-state index contributed by atoms with van der Waals surface area (Å²) < 4.78 is 23.7. The van der Waals surface area contributed by atoms with Gasteiger partial charge in [-0.15, -0.1) is 0 Å². The van der Waals surface area contributed by atoms with Crippen molar-refractivity contribution in [3.8, 4) is 5.69 Å². The largest absolute Gasteiger partial charge is 0.478 e. The number of halogens is 2. The fourth-order valence-corrected chi connectivity index (χ4v) is 6.20. The minimum Gasteiger partial charge on any atom is -0.478 e. The molecule has 0 bridgehead atoms. The molecule has 1 aromatic heterocycles. The second kappa shape index (κ2) is 8.27. The number of imidazole rings is 1. The third-order valence-corrected chi connectivity index (χ3v) is 8.45. The molecule has 0 radical (unpaired) electrons. The number of hydrogen-bond acceptors (Lipinski definition) is 4. The maximum Gasteiger partial charge on any atom is 0.338 e. The average Bonchev–Trinajstić information content (AvgIpc) is 3.60. The SMILES string of the molecule is O=C(O)c1cccc(C2(n3c(=O)n(-c4ccc(C(=O)N5CC6(COC6)C5)cc4)c4cc(Cl)ccc43)CC2)c1F. The van der Waals surface area contributed by atoms with Crippen molar-refractivity contribution in [2.45, 2.75) is 18.4 Å². The Balaban J connectivity index is 1.31. The Morgan fingerprint density at radius 1 is 0.974 bits per heavy atom. The monoisotopic (exact) mass is 547 g/mol. The van der Waals surface area contributed by atoms with Crippen LogP contribution < -0.4 is 5.69 Å². The Labute approximate surface area is 226 Å². The summed E-state index contributed by atoms with van der Waals surface area (Å²) in [5.41, 5.74) is 0.572. The zero-order valence-corrected chi connectivity index (χ0v) is 21.4. The molecule has 39 heavy (non-hydrogen) atoms. The molecule has 2 aliphatic heterocycles. The van der Waals surface area contributed by atoms with Crippen LogP contribution in [-0.2, 0) is 10.3 Å². The summed E-state index contributed by atoms with van der Waals surface area (Å²) in [6.07, 6.45) is 0.953. The van der Waals surface area contributed by atoms with Crippen LogP contribution in [0.2, 0.25) is 5.02 Å². The molecular formula is C29H23ClFN3O5. The molecule has 1 N–H and O–H groups in total. The Morgan fingerprint density at radius 3 is 2.31 bits per heavy atom. The number of carbonyl (C=O) groups is 2. The van der Waals surface area contributed by atoms with E-state index in [1.165, 1.54) is 22.8 Å². The van der Waals surface area contributed by atoms with E-state index in [1.807, 2.05) is 0 Å². The number of aromatic carboxylic acids is 1. The van der Waals surface area contributed by atoms with E-state index in [2.05, 4.69) is 0 Å². The Morgan fingerprint density at radius 2 is 1.69 bits per heavy atom. The smallest absolute Gasteiger partial charge is 0.338 e. The van der Waals surface area contributed by atoms with Gasteiger partial charge in [-0.1, -0.05) is 23.7 Å². The lowest BCUT2D eigenvalue weighted by molar-refractivity contribution is -0.176. The van der Waals surface area contributed by atoms with Gasteiger partial charge in [0.15, 0.2) is 0 Å². The second-order valence-corrected chi connectivity index (χ2v) is 11.2. The van der Waals surface area contributed by atoms with Crippen LogP contribution in [0.15, 0.2) is 65.5 Å². The van der Waals surface area contributed by atoms with Crippen molar-refractivity contribution in [3.63, 3.8) is 0 Å². The predicted octanol–water partition coefficient (Wildman–Crippen LogP) is 4.29. The third-order valence-electron chi connectivity index (χ3n) is 8.21. The predicted molar refractivity (Wildman–Crippen MR) is 141 cm³/mol. The van der Waals surface area contributed by atoms with Crippen molar-refractivity contribution in [2.24, 2.45) is 5.41 Å². The number of aromatic nitrogens is 2. The van der Waals surface area contributed by atoms with Gasteiger partial charge >= 0.3 is 11.7 Å². The van der Waals surface area contributed by atoms with Crippen LogP contribution in [0.25, 0.3) is 16.7 Å². The maximum absolute atomic E-state index is 15.4. The van der Waals surface area contributed by atoms with Gasteiger partial charge in [0.1, 0.15) is 5.82 Å². The molecule has 1 spiro atoms. The number of ether oxygens (including phenoxy) is 1. The molecule has 10 heteroatoms. The average molecular weight is 548 g/mol. The molecule has 1 saturated carbocycles. The van der Waals surface area contributed by atoms with Crippen molar-refractivity contribution in [3.05, 3.63) is 98.7 Å². The minimum absolute atomic E-state index is 0.0670. The van der Waals surface area contributed by atoms with Crippen LogP contribution in [0.4, 0.5) is 4.39 Å². The zero-order chi connectivity index (χ0) is 27.1. The molecule has 7 rings (SSSR count). The molecule has 3 aromatic carbocycles. The molecule has 0 atom stereocenters. The van der Waals surface area contributed by atoms with Crippen LogP contribution in [-0.4, -0.2) is 57.3 Å². The van der Waals surface area contributed by atoms with E-state index >= 15 is 4.39 Å². The molecule has 8 nitrogen and oxygen atoms in total. The van der Waals surface area contributed by atoms with Crippen LogP contribution in [0.1, 0.15) is 39.1 Å². The van der Waals surface area contributed by atoms with Crippen molar-refractivity contribution in [2.75, 3.05) is 26.3 Å². The standard InChI is InChI=1S/C29H23ClFN3O5/c30-18-6-9-22-23(12-18)33(19-7-4-17(5-8-19)25(35)32-13-28(14-32)15-39-16-28)27(38)34(22)29(10-11-29)21-3-1-2-20(24(21)31)26(36)37/h1-9,12H,10-11,13-16H2,(H,36,37). The minimum atomic E-state index is -1.37. The molecule has 3 fully saturated rings. The summed E-state index contributed by atoms with van der Waals surface area (Å²) in [5.74, 6) is -2.27. The van der Waals surface area contributed by atoms with E-state index in [-0.39, 0.29) is 16.9 Å². The number of benzene rings is 3. The quantitative estimate of drug-likeness (QED) is 0.402. The van der Waals surface area contributed by atoms with E-state index < -0.39 is 28.6 Å². The number of carboxylic acid groups (broad SMARTS) is 1. The van der Waals surface area contributed by atoms with Gasteiger partial charge in [0, 0.05) is 29.2 Å². The summed E-state index contributed by atoms with van der Waals surface area (Å²) in [7, 11) is 0. The molecule has 2 saturated heterocycles. The highest BCUT2D eigenvalue weighted by molar-refractivity contribution is 6.31.